The second-order valence-electron chi connectivity index (χ2n) is 5.04. The van der Waals surface area contributed by atoms with Crippen molar-refractivity contribution in [3.05, 3.63) is 69.1 Å². The highest BCUT2D eigenvalue weighted by atomic mass is 16.6. The van der Waals surface area contributed by atoms with Gasteiger partial charge in [-0.15, -0.1) is 0 Å². The molecule has 2 aromatic carbocycles. The number of non-ortho nitro benzene ring substituents is 1. The van der Waals surface area contributed by atoms with Crippen molar-refractivity contribution < 1.29 is 23.6 Å². The smallest absolute Gasteiger partial charge is 0.308 e. The molecule has 0 saturated heterocycles. The molecule has 126 valence electrons. The van der Waals surface area contributed by atoms with E-state index in [1.54, 1.807) is 0 Å². The van der Waals surface area contributed by atoms with Gasteiger partial charge < -0.3 is 13.9 Å². The Balaban J connectivity index is 1.96. The highest BCUT2D eigenvalue weighted by Gasteiger charge is 2.12. The third-order valence-electron chi connectivity index (χ3n) is 3.23. The van der Waals surface area contributed by atoms with Crippen LogP contribution in [0.5, 0.6) is 17.2 Å². The zero-order valence-corrected chi connectivity index (χ0v) is 12.9. The Kier molecular flexibility index (Phi) is 4.17. The summed E-state index contributed by atoms with van der Waals surface area (Å²) >= 11 is 0. The van der Waals surface area contributed by atoms with E-state index in [2.05, 4.69) is 0 Å². The molecule has 3 aromatic rings. The van der Waals surface area contributed by atoms with Crippen molar-refractivity contribution >= 4 is 22.6 Å². The number of nitro groups is 1. The van der Waals surface area contributed by atoms with Gasteiger partial charge in [0.1, 0.15) is 23.3 Å². The average molecular weight is 341 g/mol. The Bertz CT molecular complexity index is 1040. The quantitative estimate of drug-likeness (QED) is 0.309. The molecule has 0 N–H and O–H groups in total. The first kappa shape index (κ1) is 16.2. The van der Waals surface area contributed by atoms with E-state index in [0.29, 0.717) is 0 Å². The summed E-state index contributed by atoms with van der Waals surface area (Å²) in [7, 11) is 0. The predicted octanol–water partition coefficient (Wildman–Crippen LogP) is 3.42. The summed E-state index contributed by atoms with van der Waals surface area (Å²) in [5.74, 6) is -0.228. The zero-order valence-electron chi connectivity index (χ0n) is 12.9. The SMILES string of the molecule is CC(=O)Oc1ccc2c(=O)c(Oc3cccc([N+](=O)[O-])c3)coc2c1. The minimum Gasteiger partial charge on any atom is -0.460 e. The molecule has 0 bridgehead atoms. The molecule has 25 heavy (non-hydrogen) atoms. The van der Waals surface area contributed by atoms with Crippen LogP contribution in [0.3, 0.4) is 0 Å². The van der Waals surface area contributed by atoms with Crippen molar-refractivity contribution in [2.24, 2.45) is 0 Å². The first-order valence-corrected chi connectivity index (χ1v) is 7.10. The lowest BCUT2D eigenvalue weighted by Crippen LogP contribution is -2.06. The molecule has 0 aliphatic heterocycles. The van der Waals surface area contributed by atoms with Crippen LogP contribution in [-0.4, -0.2) is 10.9 Å². The number of hydrogen-bond acceptors (Lipinski definition) is 7. The van der Waals surface area contributed by atoms with Crippen LogP contribution in [0, 0.1) is 10.1 Å². The van der Waals surface area contributed by atoms with Gasteiger partial charge in [0.25, 0.3) is 5.69 Å². The fourth-order valence-electron chi connectivity index (χ4n) is 2.18. The van der Waals surface area contributed by atoms with Gasteiger partial charge in [-0.2, -0.15) is 0 Å². The van der Waals surface area contributed by atoms with Crippen molar-refractivity contribution in [3.8, 4) is 17.2 Å². The molecule has 0 radical (unpaired) electrons. The second kappa shape index (κ2) is 6.44. The number of hydrogen-bond donors (Lipinski definition) is 0. The summed E-state index contributed by atoms with van der Waals surface area (Å²) in [6, 6.07) is 9.76. The topological polar surface area (TPSA) is 109 Å². The largest absolute Gasteiger partial charge is 0.460 e. The molecular weight excluding hydrogens is 330 g/mol. The van der Waals surface area contributed by atoms with Gasteiger partial charge in [0, 0.05) is 19.1 Å². The summed E-state index contributed by atoms with van der Waals surface area (Å²) in [6.07, 6.45) is 1.10. The number of rotatable bonds is 4. The van der Waals surface area contributed by atoms with Crippen LogP contribution < -0.4 is 14.9 Å². The summed E-state index contributed by atoms with van der Waals surface area (Å²) < 4.78 is 15.7. The third kappa shape index (κ3) is 3.47. The maximum Gasteiger partial charge on any atom is 0.308 e. The maximum absolute atomic E-state index is 12.5. The summed E-state index contributed by atoms with van der Waals surface area (Å²) in [5, 5.41) is 11.0. The lowest BCUT2D eigenvalue weighted by Gasteiger charge is -2.06. The molecule has 0 aliphatic rings. The molecular formula is C17H11NO7. The van der Waals surface area contributed by atoms with Gasteiger partial charge >= 0.3 is 5.97 Å². The molecule has 1 aromatic heterocycles. The van der Waals surface area contributed by atoms with Gasteiger partial charge in [-0.05, 0) is 18.2 Å². The first-order chi connectivity index (χ1) is 11.9. The van der Waals surface area contributed by atoms with E-state index >= 15 is 0 Å². The van der Waals surface area contributed by atoms with E-state index in [1.165, 1.54) is 49.4 Å². The monoisotopic (exact) mass is 341 g/mol. The van der Waals surface area contributed by atoms with Crippen LogP contribution in [0.4, 0.5) is 5.69 Å². The number of nitro benzene ring substituents is 1. The standard InChI is InChI=1S/C17H11NO7/c1-10(19)24-13-5-6-14-15(8-13)23-9-16(17(14)20)25-12-4-2-3-11(7-12)18(21)22/h2-9H,1H3. The van der Waals surface area contributed by atoms with Gasteiger partial charge in [-0.25, -0.2) is 0 Å². The van der Waals surface area contributed by atoms with Crippen LogP contribution >= 0.6 is 0 Å². The summed E-state index contributed by atoms with van der Waals surface area (Å²) in [5.41, 5.74) is -0.397. The van der Waals surface area contributed by atoms with Crippen molar-refractivity contribution in [2.45, 2.75) is 6.92 Å². The Labute approximate surface area is 140 Å². The highest BCUT2D eigenvalue weighted by Crippen LogP contribution is 2.26. The lowest BCUT2D eigenvalue weighted by atomic mass is 10.2. The maximum atomic E-state index is 12.5. The van der Waals surface area contributed by atoms with Crippen LogP contribution in [-0.2, 0) is 4.79 Å². The van der Waals surface area contributed by atoms with E-state index in [4.69, 9.17) is 13.9 Å². The molecule has 0 saturated carbocycles. The number of carbonyl (C=O) groups excluding carboxylic acids is 1. The molecule has 0 amide bonds. The minimum absolute atomic E-state index is 0.117. The summed E-state index contributed by atoms with van der Waals surface area (Å²) in [4.78, 5) is 33.7. The van der Waals surface area contributed by atoms with Crippen LogP contribution in [0.2, 0.25) is 0 Å². The number of esters is 1. The van der Waals surface area contributed by atoms with E-state index in [9.17, 15) is 19.7 Å². The van der Waals surface area contributed by atoms with Crippen LogP contribution in [0.15, 0.2) is 57.9 Å². The highest BCUT2D eigenvalue weighted by molar-refractivity contribution is 5.80. The molecule has 0 atom stereocenters. The predicted molar refractivity (Wildman–Crippen MR) is 87.0 cm³/mol. The molecule has 3 rings (SSSR count). The van der Waals surface area contributed by atoms with Gasteiger partial charge in [0.15, 0.2) is 0 Å². The van der Waals surface area contributed by atoms with Crippen LogP contribution in [0.25, 0.3) is 11.0 Å². The van der Waals surface area contributed by atoms with Crippen molar-refractivity contribution in [1.82, 2.24) is 0 Å². The molecule has 8 heteroatoms. The lowest BCUT2D eigenvalue weighted by molar-refractivity contribution is -0.384. The van der Waals surface area contributed by atoms with Crippen molar-refractivity contribution in [1.29, 1.82) is 0 Å². The molecule has 0 aliphatic carbocycles. The Hall–Kier alpha value is -3.68. The van der Waals surface area contributed by atoms with E-state index < -0.39 is 16.3 Å². The van der Waals surface area contributed by atoms with E-state index in [1.807, 2.05) is 0 Å². The van der Waals surface area contributed by atoms with Crippen molar-refractivity contribution in [2.75, 3.05) is 0 Å². The molecule has 8 nitrogen and oxygen atoms in total. The third-order valence-corrected chi connectivity index (χ3v) is 3.23. The minimum atomic E-state index is -0.563. The Morgan fingerprint density at radius 3 is 2.68 bits per heavy atom. The summed E-state index contributed by atoms with van der Waals surface area (Å²) in [6.45, 7) is 1.26. The Morgan fingerprint density at radius 1 is 1.16 bits per heavy atom. The molecule has 1 heterocycles. The second-order valence-corrected chi connectivity index (χ2v) is 5.04. The number of nitrogens with zero attached hydrogens (tertiary/aromatic N) is 1. The molecule has 0 spiro atoms. The normalized spacial score (nSPS) is 10.4. The zero-order chi connectivity index (χ0) is 18.0. The number of ether oxygens (including phenoxy) is 2. The van der Waals surface area contributed by atoms with Gasteiger partial charge in [0.2, 0.25) is 11.2 Å². The fourth-order valence-corrected chi connectivity index (χ4v) is 2.18. The van der Waals surface area contributed by atoms with Gasteiger partial charge in [-0.1, -0.05) is 6.07 Å². The first-order valence-electron chi connectivity index (χ1n) is 7.10. The van der Waals surface area contributed by atoms with Crippen molar-refractivity contribution in [3.63, 3.8) is 0 Å². The van der Waals surface area contributed by atoms with E-state index in [0.717, 1.165) is 6.26 Å². The number of carbonyl (C=O) groups is 1. The number of fused-ring (bicyclic) bond motifs is 1. The van der Waals surface area contributed by atoms with Gasteiger partial charge in [-0.3, -0.25) is 19.7 Å². The average Bonchev–Trinajstić information content (AvgIpc) is 2.57. The van der Waals surface area contributed by atoms with E-state index in [-0.39, 0.29) is 33.9 Å². The van der Waals surface area contributed by atoms with Gasteiger partial charge in [0.05, 0.1) is 16.4 Å². The molecule has 0 fully saturated rings. The fraction of sp³-hybridized carbons (Fsp3) is 0.0588. The molecule has 0 unspecified atom stereocenters. The number of benzene rings is 2. The Morgan fingerprint density at radius 2 is 1.96 bits per heavy atom. The van der Waals surface area contributed by atoms with Crippen LogP contribution in [0.1, 0.15) is 6.92 Å².